The molecular weight excluding hydrogens is 837 g/mol. The fraction of sp³-hybridized carbons (Fsp3) is 0.294. The number of aldehydes is 1. The van der Waals surface area contributed by atoms with Gasteiger partial charge in [-0.1, -0.05) is 36.4 Å². The van der Waals surface area contributed by atoms with Crippen molar-refractivity contribution in [2.45, 2.75) is 57.8 Å². The molecule has 0 saturated carbocycles. The van der Waals surface area contributed by atoms with E-state index in [1.54, 1.807) is 18.2 Å². The summed E-state index contributed by atoms with van der Waals surface area (Å²) in [5.41, 5.74) is 5.60. The number of H-pyrrole nitrogens is 3. The lowest BCUT2D eigenvalue weighted by Gasteiger charge is -2.29. The Bertz CT molecular complexity index is 3380. The minimum atomic E-state index is -0.292. The minimum Gasteiger partial charge on any atom is -0.449 e. The zero-order valence-corrected chi connectivity index (χ0v) is 36.3. The second-order valence-electron chi connectivity index (χ2n) is 17.1. The molecule has 9 aromatic rings. The Morgan fingerprint density at radius 1 is 0.500 bits per heavy atom. The molecule has 12 rings (SSSR count). The van der Waals surface area contributed by atoms with Crippen LogP contribution in [-0.4, -0.2) is 66.7 Å². The molecule has 3 aliphatic rings. The van der Waals surface area contributed by atoms with Gasteiger partial charge in [0.25, 0.3) is 16.7 Å². The van der Waals surface area contributed by atoms with Gasteiger partial charge >= 0.3 is 0 Å². The van der Waals surface area contributed by atoms with Gasteiger partial charge in [-0.15, -0.1) is 0 Å². The van der Waals surface area contributed by atoms with Gasteiger partial charge in [0.1, 0.15) is 11.8 Å². The first-order chi connectivity index (χ1) is 32.3. The number of pyridine rings is 3. The van der Waals surface area contributed by atoms with Crippen molar-refractivity contribution in [2.24, 2.45) is 0 Å². The minimum absolute atomic E-state index is 0.163. The monoisotopic (exact) mass is 884 g/mol. The number of carbonyl (C=O) groups excluding carboxylic acids is 1. The standard InChI is InChI=1S/C17H17N3O2.C17H15N3O2.C17H16N2O3/c2*18-10-11-9-13-12-5-4-6-14(20-7-2-1-3-8-20)15(12)19-17(21)16(13)22-11;20-10-11-9-13-12-5-4-6-14(19-7-2-1-3-8-19)15(12)18-17(21)16(13)22-11/h4-6,9-10,18H,1-3,7-8H2,(H,19,21);4-6,9H,1-3,7-8H2,(H,19,21);4-6,9-10H,1-3,7-8H2,(H,18,21). The number of rotatable bonds is 5. The van der Waals surface area contributed by atoms with E-state index in [0.717, 1.165) is 101 Å². The molecule has 15 nitrogen and oxygen atoms in total. The van der Waals surface area contributed by atoms with Gasteiger partial charge in [-0.05, 0) is 88.1 Å². The molecule has 4 N–H and O–H groups in total. The van der Waals surface area contributed by atoms with Gasteiger partial charge in [-0.3, -0.25) is 19.2 Å². The molecule has 3 fully saturated rings. The zero-order chi connectivity index (χ0) is 45.3. The Morgan fingerprint density at radius 3 is 1.24 bits per heavy atom. The predicted molar refractivity (Wildman–Crippen MR) is 259 cm³/mol. The van der Waals surface area contributed by atoms with Gasteiger partial charge in [-0.2, -0.15) is 5.26 Å². The highest BCUT2D eigenvalue weighted by molar-refractivity contribution is 6.10. The average molecular weight is 885 g/mol. The van der Waals surface area contributed by atoms with Crippen molar-refractivity contribution in [1.82, 2.24) is 15.0 Å². The fourth-order valence-corrected chi connectivity index (χ4v) is 9.90. The second-order valence-corrected chi connectivity index (χ2v) is 17.1. The number of para-hydroxylation sites is 3. The van der Waals surface area contributed by atoms with Crippen LogP contribution in [0.25, 0.3) is 65.6 Å². The number of hydrogen-bond acceptors (Lipinski definition) is 12. The van der Waals surface area contributed by atoms with Crippen LogP contribution in [0.5, 0.6) is 0 Å². The van der Waals surface area contributed by atoms with E-state index < -0.39 is 0 Å². The van der Waals surface area contributed by atoms with Crippen molar-refractivity contribution in [3.63, 3.8) is 0 Å². The van der Waals surface area contributed by atoms with Crippen LogP contribution < -0.4 is 31.4 Å². The Kier molecular flexibility index (Phi) is 11.5. The summed E-state index contributed by atoms with van der Waals surface area (Å²) in [5, 5.41) is 21.3. The second kappa shape index (κ2) is 18.0. The molecule has 6 aromatic heterocycles. The summed E-state index contributed by atoms with van der Waals surface area (Å²) in [6, 6.07) is 25.0. The largest absolute Gasteiger partial charge is 0.449 e. The number of aromatic nitrogens is 3. The van der Waals surface area contributed by atoms with Gasteiger partial charge in [-0.25, -0.2) is 0 Å². The topological polar surface area (TPSA) is 212 Å². The molecule has 0 aliphatic carbocycles. The molecule has 0 unspecified atom stereocenters. The number of piperidine rings is 3. The number of hydrogen-bond donors (Lipinski definition) is 4. The number of anilines is 3. The summed E-state index contributed by atoms with van der Waals surface area (Å²) in [6.07, 6.45) is 12.6. The SMILES string of the molecule is N#Cc1cc2c(o1)c(=O)[nH]c1c(N3CCCCC3)cccc12.N=Cc1cc2c(o1)c(=O)[nH]c1c(N3CCCCC3)cccc12.O=Cc1cc2c(o1)c(=O)[nH]c1c(N3CCCCC3)cccc12. The summed E-state index contributed by atoms with van der Waals surface area (Å²) in [7, 11) is 0. The van der Waals surface area contributed by atoms with Gasteiger partial charge in [0, 0.05) is 77.7 Å². The van der Waals surface area contributed by atoms with E-state index >= 15 is 0 Å². The smallest absolute Gasteiger partial charge is 0.292 e. The molecule has 3 saturated heterocycles. The van der Waals surface area contributed by atoms with E-state index in [1.165, 1.54) is 57.8 Å². The third-order valence-corrected chi connectivity index (χ3v) is 13.0. The van der Waals surface area contributed by atoms with Crippen molar-refractivity contribution >= 4 is 95.2 Å². The summed E-state index contributed by atoms with van der Waals surface area (Å²) >= 11 is 0. The van der Waals surface area contributed by atoms with E-state index in [4.69, 9.17) is 23.9 Å². The fourth-order valence-electron chi connectivity index (χ4n) is 9.90. The summed E-state index contributed by atoms with van der Waals surface area (Å²) in [4.78, 5) is 63.6. The highest BCUT2D eigenvalue weighted by Gasteiger charge is 2.21. The maximum absolute atomic E-state index is 12.3. The molecule has 66 heavy (non-hydrogen) atoms. The molecule has 9 heterocycles. The third kappa shape index (κ3) is 7.78. The number of furan rings is 3. The first-order valence-corrected chi connectivity index (χ1v) is 22.7. The molecule has 0 spiro atoms. The van der Waals surface area contributed by atoms with Crippen LogP contribution in [0.15, 0.2) is 100 Å². The van der Waals surface area contributed by atoms with E-state index in [0.29, 0.717) is 28.4 Å². The third-order valence-electron chi connectivity index (χ3n) is 13.0. The number of carbonyl (C=O) groups is 1. The van der Waals surface area contributed by atoms with Crippen molar-refractivity contribution in [1.29, 1.82) is 10.7 Å². The maximum atomic E-state index is 12.3. The molecule has 0 amide bonds. The van der Waals surface area contributed by atoms with Gasteiger partial charge in [0.15, 0.2) is 17.6 Å². The van der Waals surface area contributed by atoms with Gasteiger partial charge in [0.2, 0.25) is 16.9 Å². The van der Waals surface area contributed by atoms with Crippen LogP contribution in [0.2, 0.25) is 0 Å². The summed E-state index contributed by atoms with van der Waals surface area (Å²) in [6.45, 7) is 6.07. The average Bonchev–Trinajstić information content (AvgIpc) is 4.14. The predicted octanol–water partition coefficient (Wildman–Crippen LogP) is 9.48. The molecule has 334 valence electrons. The Balaban J connectivity index is 0.000000116. The number of nitriles is 1. The first-order valence-electron chi connectivity index (χ1n) is 22.7. The van der Waals surface area contributed by atoms with Crippen LogP contribution >= 0.6 is 0 Å². The number of aromatic amines is 3. The van der Waals surface area contributed by atoms with Crippen LogP contribution in [0.4, 0.5) is 17.1 Å². The Labute approximate surface area is 376 Å². The van der Waals surface area contributed by atoms with Crippen LogP contribution in [-0.2, 0) is 0 Å². The number of nitrogens with zero attached hydrogens (tertiary/aromatic N) is 4. The molecule has 0 radical (unpaired) electrons. The maximum Gasteiger partial charge on any atom is 0.292 e. The zero-order valence-electron chi connectivity index (χ0n) is 36.3. The number of benzene rings is 3. The first kappa shape index (κ1) is 42.1. The molecule has 0 atom stereocenters. The van der Waals surface area contributed by atoms with Crippen LogP contribution in [0.1, 0.15) is 79.9 Å². The normalized spacial score (nSPS) is 15.5. The highest BCUT2D eigenvalue weighted by Crippen LogP contribution is 2.35. The quantitative estimate of drug-likeness (QED) is 0.0944. The highest BCUT2D eigenvalue weighted by atomic mass is 16.4. The van der Waals surface area contributed by atoms with Gasteiger partial charge in [0.05, 0.1) is 39.8 Å². The van der Waals surface area contributed by atoms with Crippen molar-refractivity contribution in [3.05, 3.63) is 121 Å². The Morgan fingerprint density at radius 2 is 0.864 bits per heavy atom. The lowest BCUT2D eigenvalue weighted by molar-refractivity contribution is 0.110. The van der Waals surface area contributed by atoms with Crippen molar-refractivity contribution in [3.8, 4) is 6.07 Å². The van der Waals surface area contributed by atoms with E-state index in [2.05, 4.69) is 35.7 Å². The molecule has 15 heteroatoms. The lowest BCUT2D eigenvalue weighted by atomic mass is 10.1. The molecular formula is C51H48N8O7. The molecule has 0 bridgehead atoms. The van der Waals surface area contributed by atoms with E-state index in [9.17, 15) is 19.2 Å². The van der Waals surface area contributed by atoms with E-state index in [1.807, 2.05) is 54.6 Å². The van der Waals surface area contributed by atoms with Crippen molar-refractivity contribution < 1.29 is 18.0 Å². The van der Waals surface area contributed by atoms with E-state index in [-0.39, 0.29) is 39.4 Å². The molecule has 3 aliphatic heterocycles. The van der Waals surface area contributed by atoms with Crippen LogP contribution in [0.3, 0.4) is 0 Å². The number of nitrogens with one attached hydrogen (secondary N) is 4. The van der Waals surface area contributed by atoms with Crippen LogP contribution in [0, 0.1) is 16.7 Å². The number of fused-ring (bicyclic) bond motifs is 9. The summed E-state index contributed by atoms with van der Waals surface area (Å²) in [5.74, 6) is 0.740. The molecule has 3 aromatic carbocycles. The lowest BCUT2D eigenvalue weighted by Crippen LogP contribution is -2.29. The summed E-state index contributed by atoms with van der Waals surface area (Å²) < 4.78 is 16.1. The Hall–Kier alpha value is -7.86. The van der Waals surface area contributed by atoms with Gasteiger partial charge < -0.3 is 48.3 Å². The van der Waals surface area contributed by atoms with Crippen molar-refractivity contribution in [2.75, 3.05) is 54.0 Å².